The van der Waals surface area contributed by atoms with Gasteiger partial charge in [0.1, 0.15) is 11.4 Å². The van der Waals surface area contributed by atoms with Crippen molar-refractivity contribution >= 4 is 11.6 Å². The molecule has 1 saturated carbocycles. The molecule has 1 aromatic carbocycles. The summed E-state index contributed by atoms with van der Waals surface area (Å²) in [6, 6.07) is 9.69. The number of hydrogen-bond donors (Lipinski definition) is 1. The van der Waals surface area contributed by atoms with Crippen molar-refractivity contribution in [1.82, 2.24) is 5.32 Å². The highest BCUT2D eigenvalue weighted by molar-refractivity contribution is 6.46. The third kappa shape index (κ3) is 1.43. The number of rotatable bonds is 1. The van der Waals surface area contributed by atoms with Gasteiger partial charge in [0.05, 0.1) is 0 Å². The zero-order valence-electron chi connectivity index (χ0n) is 9.07. The molecule has 2 aliphatic rings. The monoisotopic (exact) mass is 214 g/mol. The minimum absolute atomic E-state index is 0.0203. The lowest BCUT2D eigenvalue weighted by Crippen LogP contribution is -2.39. The lowest BCUT2D eigenvalue weighted by atomic mass is 10.1. The highest BCUT2D eigenvalue weighted by Gasteiger charge is 2.41. The van der Waals surface area contributed by atoms with E-state index < -0.39 is 0 Å². The molecule has 1 fully saturated rings. The maximum Gasteiger partial charge on any atom is 0.272 e. The molecule has 1 aromatic rings. The van der Waals surface area contributed by atoms with Gasteiger partial charge in [0.25, 0.3) is 5.91 Å². The molecule has 16 heavy (non-hydrogen) atoms. The van der Waals surface area contributed by atoms with Crippen molar-refractivity contribution in [1.29, 1.82) is 0 Å². The van der Waals surface area contributed by atoms with Gasteiger partial charge in [-0.25, -0.2) is 0 Å². The van der Waals surface area contributed by atoms with E-state index in [0.717, 1.165) is 31.2 Å². The van der Waals surface area contributed by atoms with Crippen LogP contribution >= 0.6 is 0 Å². The van der Waals surface area contributed by atoms with Crippen molar-refractivity contribution in [3.63, 3.8) is 0 Å². The third-order valence-corrected chi connectivity index (χ3v) is 3.37. The summed E-state index contributed by atoms with van der Waals surface area (Å²) < 4.78 is 0. The standard InChI is InChI=1S/C13H14N2O/c16-12-11(10-6-2-1-3-7-10)14-13(15-12)8-4-5-9-13/h1-3,6-7H,4-5,8-9H2,(H,15,16). The molecule has 0 radical (unpaired) electrons. The minimum Gasteiger partial charge on any atom is -0.326 e. The maximum absolute atomic E-state index is 11.9. The molecular weight excluding hydrogens is 200 g/mol. The lowest BCUT2D eigenvalue weighted by Gasteiger charge is -2.18. The normalized spacial score (nSPS) is 22.2. The average molecular weight is 214 g/mol. The Balaban J connectivity index is 1.99. The van der Waals surface area contributed by atoms with Gasteiger partial charge in [-0.15, -0.1) is 0 Å². The fourth-order valence-corrected chi connectivity index (χ4v) is 2.55. The molecular formula is C13H14N2O. The number of carbonyl (C=O) groups excluding carboxylic acids is 1. The molecule has 0 atom stereocenters. The molecule has 0 aromatic heterocycles. The zero-order valence-corrected chi connectivity index (χ0v) is 9.07. The van der Waals surface area contributed by atoms with E-state index in [9.17, 15) is 4.79 Å². The van der Waals surface area contributed by atoms with Crippen LogP contribution in [0.2, 0.25) is 0 Å². The van der Waals surface area contributed by atoms with Gasteiger partial charge in [0.15, 0.2) is 0 Å². The molecule has 0 bridgehead atoms. The predicted molar refractivity (Wildman–Crippen MR) is 62.3 cm³/mol. The van der Waals surface area contributed by atoms with Crippen molar-refractivity contribution in [2.75, 3.05) is 0 Å². The second-order valence-corrected chi connectivity index (χ2v) is 4.52. The van der Waals surface area contributed by atoms with Crippen LogP contribution in [-0.2, 0) is 4.79 Å². The summed E-state index contributed by atoms with van der Waals surface area (Å²) in [4.78, 5) is 16.5. The fraction of sp³-hybridized carbons (Fsp3) is 0.385. The van der Waals surface area contributed by atoms with Crippen LogP contribution in [0.25, 0.3) is 0 Å². The van der Waals surface area contributed by atoms with Crippen LogP contribution in [0.5, 0.6) is 0 Å². The van der Waals surface area contributed by atoms with Gasteiger partial charge in [-0.2, -0.15) is 0 Å². The minimum atomic E-state index is -0.276. The Kier molecular flexibility index (Phi) is 2.06. The van der Waals surface area contributed by atoms with Crippen LogP contribution in [0.1, 0.15) is 31.2 Å². The van der Waals surface area contributed by atoms with Gasteiger partial charge in [0.2, 0.25) is 0 Å². The highest BCUT2D eigenvalue weighted by atomic mass is 16.2. The smallest absolute Gasteiger partial charge is 0.272 e. The topological polar surface area (TPSA) is 41.5 Å². The molecule has 1 heterocycles. The highest BCUT2D eigenvalue weighted by Crippen LogP contribution is 2.34. The van der Waals surface area contributed by atoms with E-state index >= 15 is 0 Å². The van der Waals surface area contributed by atoms with Crippen molar-refractivity contribution in [3.8, 4) is 0 Å². The van der Waals surface area contributed by atoms with Crippen molar-refractivity contribution in [2.45, 2.75) is 31.3 Å². The van der Waals surface area contributed by atoms with Crippen LogP contribution in [-0.4, -0.2) is 17.3 Å². The van der Waals surface area contributed by atoms with Gasteiger partial charge < -0.3 is 5.32 Å². The molecule has 3 heteroatoms. The van der Waals surface area contributed by atoms with Crippen LogP contribution in [0, 0.1) is 0 Å². The predicted octanol–water partition coefficient (Wildman–Crippen LogP) is 1.88. The average Bonchev–Trinajstić information content (AvgIpc) is 2.88. The Morgan fingerprint density at radius 2 is 1.81 bits per heavy atom. The van der Waals surface area contributed by atoms with Gasteiger partial charge in [0, 0.05) is 5.56 Å². The largest absolute Gasteiger partial charge is 0.326 e. The van der Waals surface area contributed by atoms with Crippen LogP contribution in [0.4, 0.5) is 0 Å². The Morgan fingerprint density at radius 1 is 1.12 bits per heavy atom. The molecule has 1 aliphatic heterocycles. The number of aliphatic imine (C=N–C) groups is 1. The molecule has 1 spiro atoms. The van der Waals surface area contributed by atoms with E-state index in [-0.39, 0.29) is 11.6 Å². The van der Waals surface area contributed by atoms with Crippen molar-refractivity contribution in [3.05, 3.63) is 35.9 Å². The first-order valence-electron chi connectivity index (χ1n) is 5.77. The first-order valence-corrected chi connectivity index (χ1v) is 5.77. The first kappa shape index (κ1) is 9.58. The van der Waals surface area contributed by atoms with Crippen LogP contribution in [0.15, 0.2) is 35.3 Å². The SMILES string of the molecule is O=C1NC2(CCCC2)N=C1c1ccccc1. The maximum atomic E-state index is 11.9. The number of carbonyl (C=O) groups is 1. The summed E-state index contributed by atoms with van der Waals surface area (Å²) in [6.45, 7) is 0. The number of nitrogens with zero attached hydrogens (tertiary/aromatic N) is 1. The fourth-order valence-electron chi connectivity index (χ4n) is 2.55. The summed E-state index contributed by atoms with van der Waals surface area (Å²) >= 11 is 0. The van der Waals surface area contributed by atoms with E-state index in [1.165, 1.54) is 0 Å². The Labute approximate surface area is 94.6 Å². The summed E-state index contributed by atoms with van der Waals surface area (Å²) in [6.07, 6.45) is 4.28. The Bertz CT molecular complexity index is 444. The van der Waals surface area contributed by atoms with E-state index in [1.54, 1.807) is 0 Å². The van der Waals surface area contributed by atoms with Gasteiger partial charge in [-0.1, -0.05) is 30.3 Å². The molecule has 0 saturated heterocycles. The van der Waals surface area contributed by atoms with Gasteiger partial charge in [-0.05, 0) is 25.7 Å². The lowest BCUT2D eigenvalue weighted by molar-refractivity contribution is -0.115. The van der Waals surface area contributed by atoms with E-state index in [2.05, 4.69) is 10.3 Å². The molecule has 3 nitrogen and oxygen atoms in total. The third-order valence-electron chi connectivity index (χ3n) is 3.37. The first-order chi connectivity index (χ1) is 7.79. The van der Waals surface area contributed by atoms with Crippen molar-refractivity contribution in [2.24, 2.45) is 4.99 Å². The summed E-state index contributed by atoms with van der Waals surface area (Å²) in [7, 11) is 0. The molecule has 3 rings (SSSR count). The molecule has 1 amide bonds. The Morgan fingerprint density at radius 3 is 2.50 bits per heavy atom. The molecule has 1 N–H and O–H groups in total. The zero-order chi connectivity index (χ0) is 11.0. The van der Waals surface area contributed by atoms with Gasteiger partial charge in [-0.3, -0.25) is 9.79 Å². The summed E-state index contributed by atoms with van der Waals surface area (Å²) in [5.41, 5.74) is 1.24. The number of benzene rings is 1. The Hall–Kier alpha value is -1.64. The van der Waals surface area contributed by atoms with Crippen LogP contribution < -0.4 is 5.32 Å². The number of amides is 1. The summed E-state index contributed by atoms with van der Waals surface area (Å²) in [5.74, 6) is -0.0203. The van der Waals surface area contributed by atoms with Crippen molar-refractivity contribution < 1.29 is 4.79 Å². The second kappa shape index (κ2) is 3.44. The second-order valence-electron chi connectivity index (χ2n) is 4.52. The van der Waals surface area contributed by atoms with E-state index in [0.29, 0.717) is 5.71 Å². The quantitative estimate of drug-likeness (QED) is 0.762. The molecule has 0 unspecified atom stereocenters. The van der Waals surface area contributed by atoms with Gasteiger partial charge >= 0.3 is 0 Å². The van der Waals surface area contributed by atoms with E-state index in [1.807, 2.05) is 30.3 Å². The van der Waals surface area contributed by atoms with E-state index in [4.69, 9.17) is 0 Å². The summed E-state index contributed by atoms with van der Waals surface area (Å²) in [5, 5.41) is 3.04. The molecule has 82 valence electrons. The number of hydrogen-bond acceptors (Lipinski definition) is 2. The molecule has 1 aliphatic carbocycles. The number of nitrogens with one attached hydrogen (secondary N) is 1. The van der Waals surface area contributed by atoms with Crippen LogP contribution in [0.3, 0.4) is 0 Å².